The van der Waals surface area contributed by atoms with Gasteiger partial charge in [-0.25, -0.2) is 14.6 Å². The Morgan fingerprint density at radius 3 is 2.71 bits per heavy atom. The average molecular weight is 472 g/mol. The van der Waals surface area contributed by atoms with Crippen molar-refractivity contribution in [3.05, 3.63) is 35.8 Å². The molecule has 0 spiro atoms. The number of nitrogens with one attached hydrogen (secondary N) is 2. The summed E-state index contributed by atoms with van der Waals surface area (Å²) in [4.78, 5) is 21.1. The van der Waals surface area contributed by atoms with Gasteiger partial charge in [0, 0.05) is 30.6 Å². The van der Waals surface area contributed by atoms with E-state index in [-0.39, 0.29) is 18.4 Å². The van der Waals surface area contributed by atoms with E-state index in [9.17, 15) is 9.90 Å². The zero-order valence-corrected chi connectivity index (χ0v) is 19.9. The van der Waals surface area contributed by atoms with Crippen molar-refractivity contribution in [2.45, 2.75) is 39.3 Å². The topological polar surface area (TPSA) is 144 Å². The third-order valence-electron chi connectivity index (χ3n) is 5.83. The number of amides is 1. The van der Waals surface area contributed by atoms with Crippen LogP contribution in [0.1, 0.15) is 38.4 Å². The molecule has 0 saturated heterocycles. The second kappa shape index (κ2) is 8.56. The molecule has 4 aromatic rings. The molecule has 178 valence electrons. The summed E-state index contributed by atoms with van der Waals surface area (Å²) < 4.78 is 1.63. The first-order chi connectivity index (χ1) is 16.7. The minimum absolute atomic E-state index is 0.0254. The summed E-state index contributed by atoms with van der Waals surface area (Å²) in [6.45, 7) is 5.75. The largest absolute Gasteiger partial charge is 0.389 e. The number of fused-ring (bicyclic) bond motifs is 2. The number of aliphatic hydroxyl groups is 1. The molecule has 0 aromatic carbocycles. The van der Waals surface area contributed by atoms with E-state index in [1.54, 1.807) is 50.1 Å². The van der Waals surface area contributed by atoms with Crippen molar-refractivity contribution in [3.63, 3.8) is 0 Å². The first kappa shape index (κ1) is 22.6. The molecule has 1 amide bonds. The number of hydrogen-bond donors (Lipinski definition) is 3. The van der Waals surface area contributed by atoms with Crippen LogP contribution in [0.4, 0.5) is 11.6 Å². The third-order valence-corrected chi connectivity index (χ3v) is 5.83. The second-order valence-corrected chi connectivity index (χ2v) is 9.44. The SMILES string of the molecule is CNc1ncc(C#Cc2cc3c(cn2)nnn3CC(C)(C)O)c2cc(NC(=O)[C@H]3C[C@H]3C)nnc12. The number of carbonyl (C=O) groups excluding carboxylic acids is 1. The first-order valence-electron chi connectivity index (χ1n) is 11.3. The highest BCUT2D eigenvalue weighted by molar-refractivity contribution is 5.97. The highest BCUT2D eigenvalue weighted by atomic mass is 16.3. The van der Waals surface area contributed by atoms with Gasteiger partial charge in [-0.15, -0.1) is 15.3 Å². The first-order valence-corrected chi connectivity index (χ1v) is 11.3. The second-order valence-electron chi connectivity index (χ2n) is 9.44. The molecule has 0 radical (unpaired) electrons. The van der Waals surface area contributed by atoms with Gasteiger partial charge in [-0.3, -0.25) is 4.79 Å². The van der Waals surface area contributed by atoms with Crippen molar-refractivity contribution in [1.29, 1.82) is 0 Å². The maximum Gasteiger partial charge on any atom is 0.228 e. The van der Waals surface area contributed by atoms with E-state index in [2.05, 4.69) is 53.0 Å². The summed E-state index contributed by atoms with van der Waals surface area (Å²) in [7, 11) is 1.75. The Kier molecular flexibility index (Phi) is 5.53. The normalized spacial score (nSPS) is 17.2. The Morgan fingerprint density at radius 1 is 1.20 bits per heavy atom. The predicted octanol–water partition coefficient (Wildman–Crippen LogP) is 1.97. The van der Waals surface area contributed by atoms with Gasteiger partial charge in [0.05, 0.1) is 29.4 Å². The lowest BCUT2D eigenvalue weighted by atomic mass is 10.1. The average Bonchev–Trinajstić information content (AvgIpc) is 3.44. The molecule has 0 unspecified atom stereocenters. The molecule has 5 rings (SSSR count). The van der Waals surface area contributed by atoms with Crippen molar-refractivity contribution >= 4 is 39.5 Å². The molecule has 1 aliphatic rings. The summed E-state index contributed by atoms with van der Waals surface area (Å²) >= 11 is 0. The standard InChI is InChI=1S/C24H25N9O2/c1-13-7-16(13)23(34)28-20-9-17-14(10-27-22(25-4)21(17)31-30-20)5-6-15-8-19-18(11-26-15)29-32-33(19)12-24(2,3)35/h8-11,13,16,35H,7,12H2,1-4H3,(H,25,27)(H,28,30,34)/t13-,16+/m1/s1. The number of aromatic nitrogens is 7. The zero-order chi connectivity index (χ0) is 24.7. The highest BCUT2D eigenvalue weighted by Gasteiger charge is 2.39. The Labute approximate surface area is 201 Å². The van der Waals surface area contributed by atoms with Crippen LogP contribution in [-0.2, 0) is 11.3 Å². The third kappa shape index (κ3) is 4.74. The molecule has 2 atom stereocenters. The lowest BCUT2D eigenvalue weighted by Crippen LogP contribution is -2.26. The van der Waals surface area contributed by atoms with Crippen LogP contribution in [0.25, 0.3) is 21.9 Å². The minimum atomic E-state index is -0.943. The van der Waals surface area contributed by atoms with Gasteiger partial charge in [0.15, 0.2) is 11.6 Å². The molecule has 11 nitrogen and oxygen atoms in total. The van der Waals surface area contributed by atoms with Crippen LogP contribution in [-0.4, -0.2) is 58.8 Å². The van der Waals surface area contributed by atoms with Gasteiger partial charge in [-0.2, -0.15) is 0 Å². The lowest BCUT2D eigenvalue weighted by molar-refractivity contribution is -0.117. The van der Waals surface area contributed by atoms with Crippen LogP contribution in [0.15, 0.2) is 24.5 Å². The van der Waals surface area contributed by atoms with Crippen molar-refractivity contribution < 1.29 is 9.90 Å². The van der Waals surface area contributed by atoms with Crippen LogP contribution in [0.5, 0.6) is 0 Å². The number of carbonyl (C=O) groups is 1. The number of rotatable bonds is 5. The summed E-state index contributed by atoms with van der Waals surface area (Å²) in [5.41, 5.74) is 2.08. The highest BCUT2D eigenvalue weighted by Crippen LogP contribution is 2.38. The van der Waals surface area contributed by atoms with Crippen LogP contribution >= 0.6 is 0 Å². The van der Waals surface area contributed by atoms with Crippen molar-refractivity contribution in [3.8, 4) is 11.8 Å². The Morgan fingerprint density at radius 2 is 2.00 bits per heavy atom. The van der Waals surface area contributed by atoms with E-state index >= 15 is 0 Å². The minimum Gasteiger partial charge on any atom is -0.389 e. The fourth-order valence-corrected chi connectivity index (χ4v) is 3.84. The van der Waals surface area contributed by atoms with Crippen molar-refractivity contribution in [2.24, 2.45) is 11.8 Å². The summed E-state index contributed by atoms with van der Waals surface area (Å²) in [5, 5.41) is 33.4. The van der Waals surface area contributed by atoms with E-state index in [4.69, 9.17) is 0 Å². The van der Waals surface area contributed by atoms with Gasteiger partial charge < -0.3 is 15.7 Å². The molecule has 1 saturated carbocycles. The molecule has 4 heterocycles. The monoisotopic (exact) mass is 471 g/mol. The molecule has 3 N–H and O–H groups in total. The van der Waals surface area contributed by atoms with E-state index in [1.807, 2.05) is 6.92 Å². The van der Waals surface area contributed by atoms with E-state index in [1.165, 1.54) is 0 Å². The Hall–Kier alpha value is -4.17. The van der Waals surface area contributed by atoms with Gasteiger partial charge in [0.25, 0.3) is 0 Å². The van der Waals surface area contributed by atoms with Crippen molar-refractivity contribution in [1.82, 2.24) is 35.2 Å². The quantitative estimate of drug-likeness (QED) is 0.372. The molecular formula is C24H25N9O2. The molecular weight excluding hydrogens is 446 g/mol. The summed E-state index contributed by atoms with van der Waals surface area (Å²) in [6, 6.07) is 3.55. The lowest BCUT2D eigenvalue weighted by Gasteiger charge is -2.16. The van der Waals surface area contributed by atoms with Crippen molar-refractivity contribution in [2.75, 3.05) is 17.7 Å². The van der Waals surface area contributed by atoms with Gasteiger partial charge in [0.2, 0.25) is 5.91 Å². The van der Waals surface area contributed by atoms with Crippen LogP contribution < -0.4 is 10.6 Å². The van der Waals surface area contributed by atoms with Gasteiger partial charge in [-0.05, 0) is 38.2 Å². The molecule has 0 bridgehead atoms. The van der Waals surface area contributed by atoms with Crippen LogP contribution in [0, 0.1) is 23.7 Å². The summed E-state index contributed by atoms with van der Waals surface area (Å²) in [5.74, 6) is 7.50. The molecule has 0 aliphatic heterocycles. The van der Waals surface area contributed by atoms with Crippen LogP contribution in [0.2, 0.25) is 0 Å². The fourth-order valence-electron chi connectivity index (χ4n) is 3.84. The fraction of sp³-hybridized carbons (Fsp3) is 0.375. The van der Waals surface area contributed by atoms with Gasteiger partial charge in [-0.1, -0.05) is 18.1 Å². The van der Waals surface area contributed by atoms with Crippen LogP contribution in [0.3, 0.4) is 0 Å². The predicted molar refractivity (Wildman–Crippen MR) is 130 cm³/mol. The molecule has 35 heavy (non-hydrogen) atoms. The maximum atomic E-state index is 12.4. The number of nitrogens with zero attached hydrogens (tertiary/aromatic N) is 7. The summed E-state index contributed by atoms with van der Waals surface area (Å²) in [6.07, 6.45) is 4.14. The molecule has 4 aromatic heterocycles. The Bertz CT molecular complexity index is 1510. The smallest absolute Gasteiger partial charge is 0.228 e. The van der Waals surface area contributed by atoms with E-state index in [0.29, 0.717) is 45.2 Å². The number of hydrogen-bond acceptors (Lipinski definition) is 9. The van der Waals surface area contributed by atoms with E-state index in [0.717, 1.165) is 11.9 Å². The van der Waals surface area contributed by atoms with Gasteiger partial charge in [0.1, 0.15) is 16.7 Å². The zero-order valence-electron chi connectivity index (χ0n) is 19.9. The number of anilines is 2. The Balaban J connectivity index is 1.51. The number of pyridine rings is 2. The molecule has 1 aliphatic carbocycles. The van der Waals surface area contributed by atoms with E-state index < -0.39 is 5.60 Å². The molecule has 1 fully saturated rings. The molecule has 11 heteroatoms. The van der Waals surface area contributed by atoms with Gasteiger partial charge >= 0.3 is 0 Å². The maximum absolute atomic E-state index is 12.4.